The molecule has 0 aliphatic heterocycles. The molecule has 0 saturated heterocycles. The van der Waals surface area contributed by atoms with Gasteiger partial charge in [0.15, 0.2) is 5.78 Å². The molecule has 2 amide bonds. The van der Waals surface area contributed by atoms with Crippen LogP contribution >= 0.6 is 15.9 Å². The predicted octanol–water partition coefficient (Wildman–Crippen LogP) is 3.26. The van der Waals surface area contributed by atoms with Gasteiger partial charge in [-0.2, -0.15) is 0 Å². The fourth-order valence-electron chi connectivity index (χ4n) is 1.96. The lowest BCUT2D eigenvalue weighted by Gasteiger charge is -2.17. The molecule has 1 rings (SSSR count). The summed E-state index contributed by atoms with van der Waals surface area (Å²) in [5.41, 5.74) is 0.628. The number of urea groups is 1. The van der Waals surface area contributed by atoms with Crippen molar-refractivity contribution in [1.29, 1.82) is 0 Å². The van der Waals surface area contributed by atoms with Gasteiger partial charge >= 0.3 is 12.0 Å². The number of hydrogen-bond acceptors (Lipinski definition) is 4. The van der Waals surface area contributed by atoms with E-state index in [0.29, 0.717) is 12.1 Å². The number of amides is 2. The molecule has 6 nitrogen and oxygen atoms in total. The third-order valence-electron chi connectivity index (χ3n) is 3.18. The summed E-state index contributed by atoms with van der Waals surface area (Å²) >= 11 is 3.32. The Kier molecular flexibility index (Phi) is 8.32. The van der Waals surface area contributed by atoms with Gasteiger partial charge in [0, 0.05) is 16.6 Å². The van der Waals surface area contributed by atoms with Crippen molar-refractivity contribution >= 4 is 39.4 Å². The number of ether oxygens (including phenoxy) is 1. The van der Waals surface area contributed by atoms with Crippen molar-refractivity contribution in [3.8, 4) is 0 Å². The predicted molar refractivity (Wildman–Crippen MR) is 91.2 cm³/mol. The molecule has 2 N–H and O–H groups in total. The smallest absolute Gasteiger partial charge is 0.319 e. The summed E-state index contributed by atoms with van der Waals surface area (Å²) in [5.74, 6) is -0.615. The highest BCUT2D eigenvalue weighted by Gasteiger charge is 2.20. The standard InChI is InChI=1S/C16H21BrN2O4/c1-3-4-13(14(20)9-10-15(21)23-2)19-16(22)18-12-7-5-11(17)6-8-12/h5-8,13H,3-4,9-10H2,1-2H3,(H2,18,19,22)/t13-/m0/s1. The molecule has 126 valence electrons. The van der Waals surface area contributed by atoms with Crippen LogP contribution in [0.3, 0.4) is 0 Å². The second-order valence-corrected chi connectivity index (χ2v) is 5.90. The molecule has 0 aromatic heterocycles. The molecule has 0 unspecified atom stereocenters. The Hall–Kier alpha value is -1.89. The van der Waals surface area contributed by atoms with Crippen molar-refractivity contribution < 1.29 is 19.1 Å². The second-order valence-electron chi connectivity index (χ2n) is 4.99. The molecule has 0 saturated carbocycles. The van der Waals surface area contributed by atoms with Crippen LogP contribution in [0.15, 0.2) is 28.7 Å². The van der Waals surface area contributed by atoms with Crippen LogP contribution in [0.4, 0.5) is 10.5 Å². The first-order valence-corrected chi connectivity index (χ1v) is 8.18. The third-order valence-corrected chi connectivity index (χ3v) is 3.71. The van der Waals surface area contributed by atoms with E-state index < -0.39 is 18.0 Å². The molecule has 0 aliphatic rings. The Morgan fingerprint density at radius 3 is 2.39 bits per heavy atom. The number of carbonyl (C=O) groups excluding carboxylic acids is 3. The van der Waals surface area contributed by atoms with Crippen LogP contribution in [0, 0.1) is 0 Å². The monoisotopic (exact) mass is 384 g/mol. The van der Waals surface area contributed by atoms with Gasteiger partial charge in [-0.25, -0.2) is 4.79 Å². The number of methoxy groups -OCH3 is 1. The Bertz CT molecular complexity index is 546. The number of Topliss-reactive ketones (excluding diaryl/α,β-unsaturated/α-hetero) is 1. The number of nitrogens with one attached hydrogen (secondary N) is 2. The zero-order chi connectivity index (χ0) is 17.2. The molecule has 1 aromatic rings. The normalized spacial score (nSPS) is 11.4. The minimum absolute atomic E-state index is 0.0194. The third kappa shape index (κ3) is 7.27. The van der Waals surface area contributed by atoms with Gasteiger partial charge in [-0.15, -0.1) is 0 Å². The van der Waals surface area contributed by atoms with E-state index >= 15 is 0 Å². The molecule has 1 aromatic carbocycles. The van der Waals surface area contributed by atoms with Crippen LogP contribution in [-0.2, 0) is 14.3 Å². The van der Waals surface area contributed by atoms with Gasteiger partial charge in [0.1, 0.15) is 0 Å². The quantitative estimate of drug-likeness (QED) is 0.673. The number of esters is 1. The molecule has 0 aliphatic carbocycles. The maximum absolute atomic E-state index is 12.1. The van der Waals surface area contributed by atoms with Gasteiger partial charge in [-0.1, -0.05) is 29.3 Å². The van der Waals surface area contributed by atoms with Crippen LogP contribution in [0.2, 0.25) is 0 Å². The molecule has 0 radical (unpaired) electrons. The van der Waals surface area contributed by atoms with Crippen molar-refractivity contribution in [2.24, 2.45) is 0 Å². The zero-order valence-corrected chi connectivity index (χ0v) is 14.8. The fourth-order valence-corrected chi connectivity index (χ4v) is 2.23. The molecule has 0 fully saturated rings. The van der Waals surface area contributed by atoms with Gasteiger partial charge in [-0.05, 0) is 30.7 Å². The summed E-state index contributed by atoms with van der Waals surface area (Å²) in [7, 11) is 1.28. The van der Waals surface area contributed by atoms with Crippen molar-refractivity contribution in [3.05, 3.63) is 28.7 Å². The Balaban J connectivity index is 2.56. The number of halogens is 1. The summed E-state index contributed by atoms with van der Waals surface area (Å²) in [6.07, 6.45) is 1.34. The Labute approximate surface area is 144 Å². The van der Waals surface area contributed by atoms with Crippen LogP contribution < -0.4 is 10.6 Å². The maximum Gasteiger partial charge on any atom is 0.319 e. The lowest BCUT2D eigenvalue weighted by atomic mass is 10.0. The highest BCUT2D eigenvalue weighted by molar-refractivity contribution is 9.10. The van der Waals surface area contributed by atoms with E-state index in [1.807, 2.05) is 6.92 Å². The van der Waals surface area contributed by atoms with Crippen molar-refractivity contribution in [1.82, 2.24) is 5.32 Å². The topological polar surface area (TPSA) is 84.5 Å². The van der Waals surface area contributed by atoms with Crippen LogP contribution in [0.5, 0.6) is 0 Å². The van der Waals surface area contributed by atoms with E-state index in [4.69, 9.17) is 0 Å². The number of carbonyl (C=O) groups is 3. The molecule has 0 bridgehead atoms. The largest absolute Gasteiger partial charge is 0.469 e. The highest BCUT2D eigenvalue weighted by atomic mass is 79.9. The molecule has 0 heterocycles. The van der Waals surface area contributed by atoms with E-state index in [0.717, 1.165) is 10.9 Å². The van der Waals surface area contributed by atoms with Crippen molar-refractivity contribution in [2.45, 2.75) is 38.6 Å². The molecule has 7 heteroatoms. The summed E-state index contributed by atoms with van der Waals surface area (Å²) in [6.45, 7) is 1.93. The molecular weight excluding hydrogens is 364 g/mol. The van der Waals surface area contributed by atoms with E-state index in [-0.39, 0.29) is 18.6 Å². The Morgan fingerprint density at radius 2 is 1.83 bits per heavy atom. The van der Waals surface area contributed by atoms with Gasteiger partial charge < -0.3 is 15.4 Å². The van der Waals surface area contributed by atoms with E-state index in [2.05, 4.69) is 31.3 Å². The first kappa shape index (κ1) is 19.2. The van der Waals surface area contributed by atoms with Crippen LogP contribution in [-0.4, -0.2) is 30.9 Å². The summed E-state index contributed by atoms with van der Waals surface area (Å²) in [4.78, 5) is 35.2. The van der Waals surface area contributed by atoms with E-state index in [1.54, 1.807) is 24.3 Å². The lowest BCUT2D eigenvalue weighted by molar-refractivity contribution is -0.142. The van der Waals surface area contributed by atoms with Gasteiger partial charge in [-0.3, -0.25) is 9.59 Å². The molecule has 0 spiro atoms. The maximum atomic E-state index is 12.1. The van der Waals surface area contributed by atoms with Gasteiger partial charge in [0.25, 0.3) is 0 Å². The van der Waals surface area contributed by atoms with Gasteiger partial charge in [0.05, 0.1) is 19.6 Å². The number of rotatable bonds is 8. The minimum atomic E-state index is -0.611. The molecule has 1 atom stereocenters. The van der Waals surface area contributed by atoms with Crippen molar-refractivity contribution in [3.63, 3.8) is 0 Å². The van der Waals surface area contributed by atoms with Crippen molar-refractivity contribution in [2.75, 3.05) is 12.4 Å². The zero-order valence-electron chi connectivity index (χ0n) is 13.2. The number of ketones is 1. The van der Waals surface area contributed by atoms with E-state index in [9.17, 15) is 14.4 Å². The first-order chi connectivity index (χ1) is 11.0. The average molecular weight is 385 g/mol. The number of anilines is 1. The second kappa shape index (κ2) is 9.99. The summed E-state index contributed by atoms with van der Waals surface area (Å²) in [5, 5.41) is 5.33. The summed E-state index contributed by atoms with van der Waals surface area (Å²) in [6, 6.07) is 6.05. The van der Waals surface area contributed by atoms with Gasteiger partial charge in [0.2, 0.25) is 0 Å². The first-order valence-electron chi connectivity index (χ1n) is 7.38. The SMILES string of the molecule is CCC[C@H](NC(=O)Nc1ccc(Br)cc1)C(=O)CCC(=O)OC. The molecule has 23 heavy (non-hydrogen) atoms. The number of benzene rings is 1. The Morgan fingerprint density at radius 1 is 1.17 bits per heavy atom. The van der Waals surface area contributed by atoms with E-state index in [1.165, 1.54) is 7.11 Å². The van der Waals surface area contributed by atoms with Crippen LogP contribution in [0.1, 0.15) is 32.6 Å². The average Bonchev–Trinajstić information content (AvgIpc) is 2.54. The fraction of sp³-hybridized carbons (Fsp3) is 0.438. The molecular formula is C16H21BrN2O4. The minimum Gasteiger partial charge on any atom is -0.469 e. The van der Waals surface area contributed by atoms with Crippen LogP contribution in [0.25, 0.3) is 0 Å². The highest BCUT2D eigenvalue weighted by Crippen LogP contribution is 2.14. The lowest BCUT2D eigenvalue weighted by Crippen LogP contribution is -2.43. The number of hydrogen-bond donors (Lipinski definition) is 2. The summed E-state index contributed by atoms with van der Waals surface area (Å²) < 4.78 is 5.42.